The molecule has 7 nitrogen and oxygen atoms in total. The van der Waals surface area contributed by atoms with Crippen molar-refractivity contribution in [3.63, 3.8) is 0 Å². The molecule has 0 saturated heterocycles. The minimum absolute atomic E-state index is 0.00308. The second kappa shape index (κ2) is 9.05. The number of methoxy groups -OCH3 is 2. The number of esters is 1. The molecular weight excluding hydrogens is 471 g/mol. The van der Waals surface area contributed by atoms with Crippen molar-refractivity contribution in [2.45, 2.75) is 0 Å². The fourth-order valence-electron chi connectivity index (χ4n) is 3.21. The molecule has 33 heavy (non-hydrogen) atoms. The Hall–Kier alpha value is -3.68. The van der Waals surface area contributed by atoms with Crippen LogP contribution in [0.4, 0.5) is 0 Å². The second-order valence-corrected chi connectivity index (χ2v) is 7.65. The molecule has 0 aliphatic carbocycles. The number of fused-ring (bicyclic) bond motifs is 1. The van der Waals surface area contributed by atoms with Crippen molar-refractivity contribution in [1.82, 2.24) is 0 Å². The Morgan fingerprint density at radius 3 is 2.24 bits per heavy atom. The number of hydrogen-bond donors (Lipinski definition) is 1. The van der Waals surface area contributed by atoms with Crippen LogP contribution in [0.3, 0.4) is 0 Å². The van der Waals surface area contributed by atoms with Gasteiger partial charge >= 0.3 is 5.97 Å². The van der Waals surface area contributed by atoms with Crippen LogP contribution in [0.1, 0.15) is 10.4 Å². The highest BCUT2D eigenvalue weighted by Crippen LogP contribution is 2.38. The lowest BCUT2D eigenvalue weighted by molar-refractivity contribution is 0.0730. The number of halogens is 2. The van der Waals surface area contributed by atoms with Crippen LogP contribution in [-0.2, 0) is 0 Å². The number of phenols is 1. The lowest BCUT2D eigenvalue weighted by Gasteiger charge is -2.13. The summed E-state index contributed by atoms with van der Waals surface area (Å²) in [6, 6.07) is 13.7. The molecule has 4 rings (SSSR count). The summed E-state index contributed by atoms with van der Waals surface area (Å²) in [7, 11) is 2.65. The van der Waals surface area contributed by atoms with Crippen LogP contribution in [0, 0.1) is 0 Å². The van der Waals surface area contributed by atoms with E-state index in [1.54, 1.807) is 30.3 Å². The first-order valence-electron chi connectivity index (χ1n) is 9.52. The third-order valence-corrected chi connectivity index (χ3v) is 5.59. The molecule has 9 heteroatoms. The fourth-order valence-corrected chi connectivity index (χ4v) is 3.51. The zero-order chi connectivity index (χ0) is 23.7. The summed E-state index contributed by atoms with van der Waals surface area (Å²) >= 11 is 12.2. The van der Waals surface area contributed by atoms with Crippen molar-refractivity contribution in [1.29, 1.82) is 0 Å². The van der Waals surface area contributed by atoms with Gasteiger partial charge in [-0.15, -0.1) is 0 Å². The molecule has 168 valence electrons. The number of para-hydroxylation sites is 1. The molecule has 0 amide bonds. The van der Waals surface area contributed by atoms with Crippen molar-refractivity contribution in [2.24, 2.45) is 0 Å². The first-order valence-corrected chi connectivity index (χ1v) is 10.3. The number of benzene rings is 3. The van der Waals surface area contributed by atoms with Crippen LogP contribution in [0.25, 0.3) is 22.3 Å². The molecule has 0 fully saturated rings. The summed E-state index contributed by atoms with van der Waals surface area (Å²) < 4.78 is 21.6. The van der Waals surface area contributed by atoms with Gasteiger partial charge in [0, 0.05) is 5.56 Å². The van der Waals surface area contributed by atoms with Gasteiger partial charge in [0.25, 0.3) is 0 Å². The van der Waals surface area contributed by atoms with Gasteiger partial charge in [0.15, 0.2) is 17.3 Å². The van der Waals surface area contributed by atoms with Crippen LogP contribution in [0.5, 0.6) is 23.0 Å². The molecule has 0 aliphatic rings. The highest BCUT2D eigenvalue weighted by atomic mass is 35.5. The third kappa shape index (κ3) is 4.20. The molecule has 1 aromatic heterocycles. The predicted octanol–water partition coefficient (Wildman–Crippen LogP) is 5.71. The van der Waals surface area contributed by atoms with E-state index in [9.17, 15) is 14.7 Å². The molecular formula is C24H16Cl2O7. The average molecular weight is 487 g/mol. The number of hydrogen-bond acceptors (Lipinski definition) is 7. The van der Waals surface area contributed by atoms with E-state index in [4.69, 9.17) is 41.8 Å². The van der Waals surface area contributed by atoms with E-state index in [0.29, 0.717) is 16.2 Å². The second-order valence-electron chi connectivity index (χ2n) is 6.83. The average Bonchev–Trinajstić information content (AvgIpc) is 2.82. The lowest BCUT2D eigenvalue weighted by atomic mass is 10.1. The number of aromatic hydroxyl groups is 1. The summed E-state index contributed by atoms with van der Waals surface area (Å²) in [6.07, 6.45) is 0. The Bertz CT molecular complexity index is 1420. The summed E-state index contributed by atoms with van der Waals surface area (Å²) in [4.78, 5) is 26.3. The zero-order valence-electron chi connectivity index (χ0n) is 17.3. The SMILES string of the molecule is COc1cc(C(=O)Oc2c(-c3ccc(Cl)c(Cl)c3)oc3ccccc3c2=O)cc(OC)c1O. The number of phenolic OH excluding ortho intramolecular Hbond substituents is 1. The number of rotatable bonds is 5. The standard InChI is InChI=1S/C24H16Cl2O7/c1-30-18-10-13(11-19(31-2)21(18)28)24(29)33-23-20(27)14-5-3-4-6-17(14)32-22(23)12-7-8-15(25)16(26)9-12/h3-11,28H,1-2H3. The van der Waals surface area contributed by atoms with E-state index in [0.717, 1.165) is 0 Å². The van der Waals surface area contributed by atoms with Gasteiger partial charge in [-0.3, -0.25) is 4.79 Å². The molecule has 3 aromatic carbocycles. The maximum absolute atomic E-state index is 13.3. The van der Waals surface area contributed by atoms with Crippen LogP contribution in [0.2, 0.25) is 10.0 Å². The fraction of sp³-hybridized carbons (Fsp3) is 0.0833. The van der Waals surface area contributed by atoms with E-state index < -0.39 is 11.4 Å². The van der Waals surface area contributed by atoms with E-state index in [1.165, 1.54) is 38.5 Å². The van der Waals surface area contributed by atoms with Crippen molar-refractivity contribution in [2.75, 3.05) is 14.2 Å². The summed E-state index contributed by atoms with van der Waals surface area (Å²) in [5.74, 6) is -1.51. The molecule has 0 spiro atoms. The molecule has 1 heterocycles. The maximum Gasteiger partial charge on any atom is 0.344 e. The Balaban J connectivity index is 1.88. The first-order chi connectivity index (χ1) is 15.8. The third-order valence-electron chi connectivity index (χ3n) is 4.85. The molecule has 0 saturated carbocycles. The predicted molar refractivity (Wildman–Crippen MR) is 124 cm³/mol. The topological polar surface area (TPSA) is 95.2 Å². The smallest absolute Gasteiger partial charge is 0.344 e. The highest BCUT2D eigenvalue weighted by molar-refractivity contribution is 6.42. The van der Waals surface area contributed by atoms with Crippen LogP contribution >= 0.6 is 23.2 Å². The number of carbonyl (C=O) groups excluding carboxylic acids is 1. The highest BCUT2D eigenvalue weighted by Gasteiger charge is 2.23. The Kier molecular flexibility index (Phi) is 6.18. The molecule has 0 bridgehead atoms. The number of carbonyl (C=O) groups is 1. The maximum atomic E-state index is 13.3. The molecule has 1 N–H and O–H groups in total. The van der Waals surface area contributed by atoms with Gasteiger partial charge in [0.05, 0.1) is 35.2 Å². The minimum Gasteiger partial charge on any atom is -0.502 e. The van der Waals surface area contributed by atoms with Crippen LogP contribution < -0.4 is 19.6 Å². The minimum atomic E-state index is -0.893. The van der Waals surface area contributed by atoms with Gasteiger partial charge < -0.3 is 23.7 Å². The zero-order valence-corrected chi connectivity index (χ0v) is 18.9. The summed E-state index contributed by atoms with van der Waals surface area (Å²) in [5.41, 5.74) is 0.116. The van der Waals surface area contributed by atoms with Gasteiger partial charge in [-0.1, -0.05) is 35.3 Å². The van der Waals surface area contributed by atoms with Gasteiger partial charge in [-0.25, -0.2) is 4.79 Å². The molecule has 0 radical (unpaired) electrons. The van der Waals surface area contributed by atoms with Crippen molar-refractivity contribution < 1.29 is 28.5 Å². The quantitative estimate of drug-likeness (QED) is 0.361. The van der Waals surface area contributed by atoms with Crippen molar-refractivity contribution in [3.05, 3.63) is 80.4 Å². The molecule has 0 unspecified atom stereocenters. The lowest BCUT2D eigenvalue weighted by Crippen LogP contribution is -2.16. The molecule has 0 atom stereocenters. The van der Waals surface area contributed by atoms with Crippen LogP contribution in [0.15, 0.2) is 63.8 Å². The first kappa shape index (κ1) is 22.5. The van der Waals surface area contributed by atoms with E-state index >= 15 is 0 Å². The van der Waals surface area contributed by atoms with Gasteiger partial charge in [0.2, 0.25) is 16.9 Å². The number of ether oxygens (including phenoxy) is 3. The van der Waals surface area contributed by atoms with E-state index in [1.807, 2.05) is 0 Å². The normalized spacial score (nSPS) is 10.8. The van der Waals surface area contributed by atoms with E-state index in [2.05, 4.69) is 0 Å². The van der Waals surface area contributed by atoms with Crippen molar-refractivity contribution >= 4 is 40.1 Å². The Morgan fingerprint density at radius 2 is 1.61 bits per heavy atom. The van der Waals surface area contributed by atoms with Crippen molar-refractivity contribution in [3.8, 4) is 34.3 Å². The van der Waals surface area contributed by atoms with Gasteiger partial charge in [0.1, 0.15) is 5.58 Å². The molecule has 4 aromatic rings. The molecule has 0 aliphatic heterocycles. The Labute approximate surface area is 197 Å². The van der Waals surface area contributed by atoms with Gasteiger partial charge in [-0.05, 0) is 42.5 Å². The monoisotopic (exact) mass is 486 g/mol. The summed E-state index contributed by atoms with van der Waals surface area (Å²) in [6.45, 7) is 0. The summed E-state index contributed by atoms with van der Waals surface area (Å²) in [5, 5.41) is 10.9. The van der Waals surface area contributed by atoms with Gasteiger partial charge in [-0.2, -0.15) is 0 Å². The van der Waals surface area contributed by atoms with Crippen LogP contribution in [-0.4, -0.2) is 25.3 Å². The van der Waals surface area contributed by atoms with E-state index in [-0.39, 0.29) is 44.7 Å². The Morgan fingerprint density at radius 1 is 0.939 bits per heavy atom. The largest absolute Gasteiger partial charge is 0.502 e.